The molecule has 3 rings (SSSR count). The van der Waals surface area contributed by atoms with Crippen LogP contribution in [0.1, 0.15) is 26.3 Å². The topological polar surface area (TPSA) is 63.4 Å². The van der Waals surface area contributed by atoms with Crippen molar-refractivity contribution in [2.75, 3.05) is 4.90 Å². The largest absolute Gasteiger partial charge is 0.389 e. The highest BCUT2D eigenvalue weighted by Crippen LogP contribution is 2.31. The molecule has 104 valence electrons. The SMILES string of the molecule is NC(=S)c1cc(F)ccc1N1C(=O)c2ccccc2C1=O. The van der Waals surface area contributed by atoms with Crippen molar-refractivity contribution in [3.8, 4) is 0 Å². The summed E-state index contributed by atoms with van der Waals surface area (Å²) in [5.41, 5.74) is 6.52. The first-order valence-electron chi connectivity index (χ1n) is 6.08. The van der Waals surface area contributed by atoms with E-state index in [2.05, 4.69) is 0 Å². The van der Waals surface area contributed by atoms with E-state index in [-0.39, 0.29) is 16.2 Å². The Balaban J connectivity index is 2.18. The number of amides is 2. The van der Waals surface area contributed by atoms with Crippen LogP contribution in [-0.2, 0) is 0 Å². The third-order valence-corrected chi connectivity index (χ3v) is 3.48. The third kappa shape index (κ3) is 2.00. The zero-order chi connectivity index (χ0) is 15.1. The van der Waals surface area contributed by atoms with Crippen molar-refractivity contribution < 1.29 is 14.0 Å². The van der Waals surface area contributed by atoms with Crippen LogP contribution in [0.25, 0.3) is 0 Å². The predicted molar refractivity (Wildman–Crippen MR) is 79.9 cm³/mol. The van der Waals surface area contributed by atoms with Crippen molar-refractivity contribution in [3.63, 3.8) is 0 Å². The number of nitrogens with zero attached hydrogens (tertiary/aromatic N) is 1. The number of hydrogen-bond acceptors (Lipinski definition) is 3. The van der Waals surface area contributed by atoms with Crippen LogP contribution in [0.4, 0.5) is 10.1 Å². The molecule has 2 amide bonds. The molecule has 2 N–H and O–H groups in total. The van der Waals surface area contributed by atoms with Gasteiger partial charge < -0.3 is 5.73 Å². The molecule has 0 saturated carbocycles. The number of nitrogens with two attached hydrogens (primary N) is 1. The van der Waals surface area contributed by atoms with Crippen molar-refractivity contribution in [2.45, 2.75) is 0 Å². The van der Waals surface area contributed by atoms with E-state index in [0.29, 0.717) is 11.1 Å². The van der Waals surface area contributed by atoms with Crippen LogP contribution in [0.15, 0.2) is 42.5 Å². The van der Waals surface area contributed by atoms with E-state index >= 15 is 0 Å². The van der Waals surface area contributed by atoms with E-state index in [1.165, 1.54) is 6.07 Å². The lowest BCUT2D eigenvalue weighted by Crippen LogP contribution is -2.31. The number of carbonyl (C=O) groups excluding carboxylic acids is 2. The van der Waals surface area contributed by atoms with E-state index in [4.69, 9.17) is 18.0 Å². The predicted octanol–water partition coefficient (Wildman–Crippen LogP) is 2.26. The smallest absolute Gasteiger partial charge is 0.266 e. The molecule has 0 spiro atoms. The summed E-state index contributed by atoms with van der Waals surface area (Å²) in [6.45, 7) is 0. The van der Waals surface area contributed by atoms with Gasteiger partial charge >= 0.3 is 0 Å². The Labute approximate surface area is 125 Å². The van der Waals surface area contributed by atoms with Gasteiger partial charge in [-0.25, -0.2) is 9.29 Å². The Morgan fingerprint density at radius 1 is 1.05 bits per heavy atom. The molecule has 4 nitrogen and oxygen atoms in total. The first kappa shape index (κ1) is 13.4. The first-order valence-corrected chi connectivity index (χ1v) is 6.48. The quantitative estimate of drug-likeness (QED) is 0.682. The summed E-state index contributed by atoms with van der Waals surface area (Å²) in [5.74, 6) is -1.49. The zero-order valence-corrected chi connectivity index (χ0v) is 11.5. The van der Waals surface area contributed by atoms with Crippen LogP contribution in [-0.4, -0.2) is 16.8 Å². The highest BCUT2D eigenvalue weighted by Gasteiger charge is 2.37. The Morgan fingerprint density at radius 2 is 1.62 bits per heavy atom. The number of fused-ring (bicyclic) bond motifs is 1. The second kappa shape index (κ2) is 4.75. The molecular formula is C15H9FN2O2S. The molecule has 1 aliphatic heterocycles. The van der Waals surface area contributed by atoms with Gasteiger partial charge in [-0.3, -0.25) is 9.59 Å². The number of carbonyl (C=O) groups is 2. The van der Waals surface area contributed by atoms with Gasteiger partial charge in [-0.05, 0) is 30.3 Å². The highest BCUT2D eigenvalue weighted by molar-refractivity contribution is 7.80. The first-order chi connectivity index (χ1) is 10.0. The molecule has 0 fully saturated rings. The Bertz CT molecular complexity index is 769. The molecular weight excluding hydrogens is 291 g/mol. The van der Waals surface area contributed by atoms with E-state index in [1.807, 2.05) is 0 Å². The molecule has 0 radical (unpaired) electrons. The molecule has 21 heavy (non-hydrogen) atoms. The van der Waals surface area contributed by atoms with Gasteiger partial charge in [-0.1, -0.05) is 24.4 Å². The number of rotatable bonds is 2. The molecule has 2 aromatic carbocycles. The lowest BCUT2D eigenvalue weighted by Gasteiger charge is -2.17. The zero-order valence-electron chi connectivity index (χ0n) is 10.7. The molecule has 0 saturated heterocycles. The molecule has 0 bridgehead atoms. The second-order valence-electron chi connectivity index (χ2n) is 4.52. The fourth-order valence-corrected chi connectivity index (χ4v) is 2.47. The van der Waals surface area contributed by atoms with E-state index in [0.717, 1.165) is 17.0 Å². The minimum absolute atomic E-state index is 0.0824. The maximum atomic E-state index is 13.3. The van der Waals surface area contributed by atoms with Crippen molar-refractivity contribution in [3.05, 3.63) is 65.0 Å². The van der Waals surface area contributed by atoms with Crippen molar-refractivity contribution in [1.29, 1.82) is 0 Å². The average molecular weight is 300 g/mol. The molecule has 6 heteroatoms. The van der Waals surface area contributed by atoms with Gasteiger partial charge in [-0.2, -0.15) is 0 Å². The fraction of sp³-hybridized carbons (Fsp3) is 0. The van der Waals surface area contributed by atoms with Crippen molar-refractivity contribution in [2.24, 2.45) is 5.73 Å². The molecule has 0 atom stereocenters. The maximum Gasteiger partial charge on any atom is 0.266 e. The van der Waals surface area contributed by atoms with Gasteiger partial charge in [0.05, 0.1) is 16.8 Å². The van der Waals surface area contributed by atoms with Crippen LogP contribution in [0.5, 0.6) is 0 Å². The van der Waals surface area contributed by atoms with Crippen LogP contribution >= 0.6 is 12.2 Å². The van der Waals surface area contributed by atoms with Gasteiger partial charge in [0.25, 0.3) is 11.8 Å². The standard InChI is InChI=1S/C15H9FN2O2S/c16-8-5-6-12(11(7-8)13(17)21)18-14(19)9-3-1-2-4-10(9)15(18)20/h1-7H,(H2,17,21). The number of benzene rings is 2. The Hall–Kier alpha value is -2.60. The molecule has 0 aliphatic carbocycles. The molecule has 0 unspecified atom stereocenters. The lowest BCUT2D eigenvalue weighted by molar-refractivity contribution is 0.0926. The van der Waals surface area contributed by atoms with E-state index in [1.54, 1.807) is 24.3 Å². The summed E-state index contributed by atoms with van der Waals surface area (Å²) in [6.07, 6.45) is 0. The Kier molecular flexibility index (Phi) is 3.03. The maximum absolute atomic E-state index is 13.3. The van der Waals surface area contributed by atoms with Crippen molar-refractivity contribution >= 4 is 34.7 Å². The number of imide groups is 1. The van der Waals surface area contributed by atoms with E-state index < -0.39 is 17.6 Å². The molecule has 1 heterocycles. The second-order valence-corrected chi connectivity index (χ2v) is 4.96. The number of thiocarbonyl (C=S) groups is 1. The normalized spacial score (nSPS) is 13.5. The average Bonchev–Trinajstić information content (AvgIpc) is 2.72. The number of halogens is 1. The Morgan fingerprint density at radius 3 is 2.14 bits per heavy atom. The van der Waals surface area contributed by atoms with Crippen LogP contribution in [0.3, 0.4) is 0 Å². The monoisotopic (exact) mass is 300 g/mol. The fourth-order valence-electron chi connectivity index (χ4n) is 2.31. The van der Waals surface area contributed by atoms with Gasteiger partial charge in [0.15, 0.2) is 0 Å². The van der Waals surface area contributed by atoms with Gasteiger partial charge in [0.1, 0.15) is 10.8 Å². The summed E-state index contributed by atoms with van der Waals surface area (Å²) in [6, 6.07) is 10.1. The third-order valence-electron chi connectivity index (χ3n) is 3.26. The van der Waals surface area contributed by atoms with Gasteiger partial charge in [0.2, 0.25) is 0 Å². The molecule has 0 aromatic heterocycles. The minimum atomic E-state index is -0.543. The van der Waals surface area contributed by atoms with Gasteiger partial charge in [-0.15, -0.1) is 0 Å². The molecule has 1 aliphatic rings. The van der Waals surface area contributed by atoms with Gasteiger partial charge in [0, 0.05) is 5.56 Å². The summed E-state index contributed by atoms with van der Waals surface area (Å²) in [5, 5.41) is 0. The van der Waals surface area contributed by atoms with Crippen LogP contribution < -0.4 is 10.6 Å². The lowest BCUT2D eigenvalue weighted by atomic mass is 10.1. The van der Waals surface area contributed by atoms with Crippen LogP contribution in [0, 0.1) is 5.82 Å². The summed E-state index contributed by atoms with van der Waals surface area (Å²) >= 11 is 4.87. The highest BCUT2D eigenvalue weighted by atomic mass is 32.1. The molecule has 2 aromatic rings. The van der Waals surface area contributed by atoms with E-state index in [9.17, 15) is 14.0 Å². The van der Waals surface area contributed by atoms with Crippen molar-refractivity contribution in [1.82, 2.24) is 0 Å². The number of hydrogen-bond donors (Lipinski definition) is 1. The number of anilines is 1. The summed E-state index contributed by atoms with van der Waals surface area (Å²) < 4.78 is 13.3. The summed E-state index contributed by atoms with van der Waals surface area (Å²) in [4.78, 5) is 25.7. The van der Waals surface area contributed by atoms with Crippen LogP contribution in [0.2, 0.25) is 0 Å². The summed E-state index contributed by atoms with van der Waals surface area (Å²) in [7, 11) is 0. The minimum Gasteiger partial charge on any atom is -0.389 e.